The predicted octanol–water partition coefficient (Wildman–Crippen LogP) is 5.32. The van der Waals surface area contributed by atoms with Crippen LogP contribution in [0.25, 0.3) is 0 Å². The SMILES string of the molecule is CCOc1cc([C@H]2C(C(=O)OCC(C)C)=C(C)NC3=C2C(=O)C[C@H](c2cccs2)C3)cc([N+](=O)[O-])c1O. The number of carbonyl (C=O) groups is 2. The maximum atomic E-state index is 13.7. The smallest absolute Gasteiger partial charge is 0.336 e. The molecule has 0 spiro atoms. The van der Waals surface area contributed by atoms with E-state index in [1.54, 1.807) is 25.2 Å². The van der Waals surface area contributed by atoms with Crippen LogP contribution in [0.5, 0.6) is 11.5 Å². The van der Waals surface area contributed by atoms with Crippen LogP contribution in [0.3, 0.4) is 0 Å². The molecule has 0 saturated heterocycles. The lowest BCUT2D eigenvalue weighted by Crippen LogP contribution is -2.36. The Morgan fingerprint density at radius 1 is 1.32 bits per heavy atom. The Bertz CT molecular complexity index is 1290. The van der Waals surface area contributed by atoms with E-state index in [-0.39, 0.29) is 48.6 Å². The number of Topliss-reactive ketones (excluding diaryl/α,β-unsaturated/α-hetero) is 1. The summed E-state index contributed by atoms with van der Waals surface area (Å²) < 4.78 is 11.0. The van der Waals surface area contributed by atoms with E-state index < -0.39 is 28.2 Å². The minimum absolute atomic E-state index is 0.00483. The average Bonchev–Trinajstić information content (AvgIpc) is 3.38. The number of phenolic OH excluding ortho intramolecular Hbond substituents is 1. The number of nitrogens with zero attached hydrogens (tertiary/aromatic N) is 1. The second-order valence-electron chi connectivity index (χ2n) is 9.60. The highest BCUT2D eigenvalue weighted by Crippen LogP contribution is 2.49. The van der Waals surface area contributed by atoms with Gasteiger partial charge in [0, 0.05) is 46.2 Å². The zero-order chi connectivity index (χ0) is 26.9. The van der Waals surface area contributed by atoms with Gasteiger partial charge in [0.25, 0.3) is 0 Å². The summed E-state index contributed by atoms with van der Waals surface area (Å²) in [5.41, 5.74) is 1.55. The first kappa shape index (κ1) is 26.4. The molecule has 1 aromatic heterocycles. The summed E-state index contributed by atoms with van der Waals surface area (Å²) in [7, 11) is 0. The quantitative estimate of drug-likeness (QED) is 0.269. The largest absolute Gasteiger partial charge is 0.500 e. The van der Waals surface area contributed by atoms with Gasteiger partial charge in [-0.2, -0.15) is 0 Å². The van der Waals surface area contributed by atoms with Crippen molar-refractivity contribution in [2.24, 2.45) is 5.92 Å². The number of benzene rings is 1. The number of esters is 1. The predicted molar refractivity (Wildman–Crippen MR) is 139 cm³/mol. The fourth-order valence-electron chi connectivity index (χ4n) is 4.87. The van der Waals surface area contributed by atoms with Gasteiger partial charge in [-0.1, -0.05) is 19.9 Å². The average molecular weight is 527 g/mol. The third kappa shape index (κ3) is 5.24. The first-order chi connectivity index (χ1) is 17.6. The second kappa shape index (κ2) is 10.8. The summed E-state index contributed by atoms with van der Waals surface area (Å²) in [5, 5.41) is 27.5. The van der Waals surface area contributed by atoms with Gasteiger partial charge in [0.15, 0.2) is 11.5 Å². The summed E-state index contributed by atoms with van der Waals surface area (Å²) in [6.45, 7) is 7.60. The lowest BCUT2D eigenvalue weighted by atomic mass is 9.72. The molecule has 2 aliphatic rings. The molecule has 2 heterocycles. The number of dihydropyridines is 1. The highest BCUT2D eigenvalue weighted by Gasteiger charge is 2.42. The van der Waals surface area contributed by atoms with Crippen LogP contribution in [0.2, 0.25) is 0 Å². The van der Waals surface area contributed by atoms with E-state index >= 15 is 0 Å². The van der Waals surface area contributed by atoms with Crippen molar-refractivity contribution in [3.05, 3.63) is 72.7 Å². The minimum atomic E-state index is -0.911. The summed E-state index contributed by atoms with van der Waals surface area (Å²) in [6.07, 6.45) is 0.811. The first-order valence-corrected chi connectivity index (χ1v) is 13.1. The van der Waals surface area contributed by atoms with Gasteiger partial charge < -0.3 is 19.9 Å². The number of phenols is 1. The van der Waals surface area contributed by atoms with Gasteiger partial charge in [-0.05, 0) is 49.3 Å². The molecule has 0 bridgehead atoms. The molecule has 1 aliphatic carbocycles. The van der Waals surface area contributed by atoms with Gasteiger partial charge in [-0.25, -0.2) is 4.79 Å². The molecule has 1 aromatic carbocycles. The molecule has 4 rings (SSSR count). The topological polar surface area (TPSA) is 128 Å². The first-order valence-electron chi connectivity index (χ1n) is 12.2. The van der Waals surface area contributed by atoms with Crippen LogP contribution in [-0.2, 0) is 14.3 Å². The minimum Gasteiger partial charge on any atom is -0.500 e. The molecule has 0 saturated carbocycles. The number of nitrogens with one attached hydrogen (secondary N) is 1. The van der Waals surface area contributed by atoms with Crippen molar-refractivity contribution >= 4 is 28.8 Å². The van der Waals surface area contributed by atoms with Crippen molar-refractivity contribution in [3.63, 3.8) is 0 Å². The molecule has 1 aliphatic heterocycles. The number of hydrogen-bond donors (Lipinski definition) is 2. The van der Waals surface area contributed by atoms with E-state index in [4.69, 9.17) is 9.47 Å². The number of nitro benzene ring substituents is 1. The van der Waals surface area contributed by atoms with Crippen LogP contribution in [0.4, 0.5) is 5.69 Å². The molecule has 10 heteroatoms. The van der Waals surface area contributed by atoms with Gasteiger partial charge >= 0.3 is 11.7 Å². The molecule has 9 nitrogen and oxygen atoms in total. The van der Waals surface area contributed by atoms with E-state index in [2.05, 4.69) is 5.32 Å². The van der Waals surface area contributed by atoms with Crippen molar-refractivity contribution in [2.75, 3.05) is 13.2 Å². The molecule has 0 fully saturated rings. The van der Waals surface area contributed by atoms with Gasteiger partial charge in [0.05, 0.1) is 23.7 Å². The third-order valence-electron chi connectivity index (χ3n) is 6.45. The summed E-state index contributed by atoms with van der Waals surface area (Å²) in [5.74, 6) is -2.25. The Balaban J connectivity index is 1.88. The second-order valence-corrected chi connectivity index (χ2v) is 10.6. The number of nitro groups is 1. The lowest BCUT2D eigenvalue weighted by Gasteiger charge is -2.36. The highest BCUT2D eigenvalue weighted by atomic mass is 32.1. The molecule has 37 heavy (non-hydrogen) atoms. The third-order valence-corrected chi connectivity index (χ3v) is 7.48. The van der Waals surface area contributed by atoms with Crippen LogP contribution in [0.15, 0.2) is 52.2 Å². The standard InChI is InChI=1S/C27H30N2O7S/c1-5-35-21-12-17(10-19(26(21)31)29(33)34)24-23(27(32)36-13-14(2)3)15(4)28-18-9-16(11-20(30)25(18)24)22-7-6-8-37-22/h6-8,10,12,14,16,24,28,31H,5,9,11,13H2,1-4H3/t16-,24+/m1/s1. The van der Waals surface area contributed by atoms with Gasteiger partial charge in [-0.15, -0.1) is 11.3 Å². The molecule has 2 atom stereocenters. The zero-order valence-electron chi connectivity index (χ0n) is 21.2. The van der Waals surface area contributed by atoms with Gasteiger partial charge in [-0.3, -0.25) is 14.9 Å². The number of rotatable bonds is 8. The Labute approximate surface area is 218 Å². The van der Waals surface area contributed by atoms with E-state index in [9.17, 15) is 24.8 Å². The van der Waals surface area contributed by atoms with E-state index in [0.29, 0.717) is 29.0 Å². The fraction of sp³-hybridized carbons (Fsp3) is 0.407. The molecule has 0 radical (unpaired) electrons. The molecule has 0 unspecified atom stereocenters. The number of ether oxygens (including phenoxy) is 2. The monoisotopic (exact) mass is 526 g/mol. The van der Waals surface area contributed by atoms with E-state index in [0.717, 1.165) is 4.88 Å². The fourth-order valence-corrected chi connectivity index (χ4v) is 5.70. The van der Waals surface area contributed by atoms with Crippen LogP contribution in [0.1, 0.15) is 62.8 Å². The maximum Gasteiger partial charge on any atom is 0.336 e. The zero-order valence-corrected chi connectivity index (χ0v) is 22.0. The summed E-state index contributed by atoms with van der Waals surface area (Å²) in [4.78, 5) is 39.2. The normalized spacial score (nSPS) is 19.5. The van der Waals surface area contributed by atoms with Crippen molar-refractivity contribution in [2.45, 2.75) is 52.4 Å². The van der Waals surface area contributed by atoms with Crippen LogP contribution in [-0.4, -0.2) is 35.0 Å². The van der Waals surface area contributed by atoms with Crippen LogP contribution in [0, 0.1) is 16.0 Å². The van der Waals surface area contributed by atoms with E-state index in [1.807, 2.05) is 31.4 Å². The van der Waals surface area contributed by atoms with Crippen molar-refractivity contribution in [1.82, 2.24) is 5.32 Å². The van der Waals surface area contributed by atoms with Crippen molar-refractivity contribution in [3.8, 4) is 11.5 Å². The van der Waals surface area contributed by atoms with Crippen LogP contribution < -0.4 is 10.1 Å². The number of allylic oxidation sites excluding steroid dienone is 3. The number of thiophene rings is 1. The molecule has 196 valence electrons. The Kier molecular flexibility index (Phi) is 7.68. The van der Waals surface area contributed by atoms with Crippen molar-refractivity contribution in [1.29, 1.82) is 0 Å². The highest BCUT2D eigenvalue weighted by molar-refractivity contribution is 7.10. The molecular formula is C27H30N2O7S. The van der Waals surface area contributed by atoms with E-state index in [1.165, 1.54) is 12.1 Å². The Morgan fingerprint density at radius 2 is 2.08 bits per heavy atom. The Hall–Kier alpha value is -3.66. The van der Waals surface area contributed by atoms with Crippen molar-refractivity contribution < 1.29 is 29.1 Å². The summed E-state index contributed by atoms with van der Waals surface area (Å²) >= 11 is 1.59. The molecule has 2 aromatic rings. The molecule has 0 amide bonds. The number of carbonyl (C=O) groups excluding carboxylic acids is 2. The number of ketones is 1. The Morgan fingerprint density at radius 3 is 2.70 bits per heavy atom. The number of hydrogen-bond acceptors (Lipinski definition) is 9. The lowest BCUT2D eigenvalue weighted by molar-refractivity contribution is -0.386. The van der Waals surface area contributed by atoms with Crippen LogP contribution >= 0.6 is 11.3 Å². The molecular weight excluding hydrogens is 496 g/mol. The maximum absolute atomic E-state index is 13.7. The number of aromatic hydroxyl groups is 1. The molecule has 2 N–H and O–H groups in total. The summed E-state index contributed by atoms with van der Waals surface area (Å²) in [6, 6.07) is 6.63. The van der Waals surface area contributed by atoms with Gasteiger partial charge in [0.2, 0.25) is 5.75 Å². The van der Waals surface area contributed by atoms with Gasteiger partial charge in [0.1, 0.15) is 0 Å².